The Kier molecular flexibility index (Phi) is 5.13. The Balaban J connectivity index is 2.46. The van der Waals surface area contributed by atoms with Gasteiger partial charge in [0.25, 0.3) is 0 Å². The summed E-state index contributed by atoms with van der Waals surface area (Å²) in [5.74, 6) is 0.886. The van der Waals surface area contributed by atoms with E-state index in [0.717, 1.165) is 16.5 Å². The molecular weight excluding hydrogens is 371 g/mol. The molecule has 0 aliphatic heterocycles. The predicted molar refractivity (Wildman–Crippen MR) is 101 cm³/mol. The number of halogens is 3. The number of alkyl halides is 2. The normalized spacial score (nSPS) is 11.3. The average Bonchev–Trinajstić information content (AvgIpc) is 2.53. The molecule has 24 heavy (non-hydrogen) atoms. The zero-order chi connectivity index (χ0) is 17.3. The zero-order valence-corrected chi connectivity index (χ0v) is 15.2. The molecule has 3 rings (SSSR count). The number of nitrogens with one attached hydrogen (secondary N) is 1. The van der Waals surface area contributed by atoms with Gasteiger partial charge in [-0.2, -0.15) is 4.98 Å². The summed E-state index contributed by atoms with van der Waals surface area (Å²) in [4.78, 5) is 25.1. The maximum atomic E-state index is 11.7. The first kappa shape index (κ1) is 17.3. The highest BCUT2D eigenvalue weighted by Crippen LogP contribution is 2.35. The van der Waals surface area contributed by atoms with Crippen LogP contribution in [0.15, 0.2) is 23.0 Å². The van der Waals surface area contributed by atoms with Crippen molar-refractivity contribution in [3.05, 3.63) is 39.4 Å². The van der Waals surface area contributed by atoms with E-state index in [4.69, 9.17) is 34.8 Å². The van der Waals surface area contributed by atoms with Crippen LogP contribution in [0.2, 0.25) is 5.02 Å². The largest absolute Gasteiger partial charge is 0.368 e. The summed E-state index contributed by atoms with van der Waals surface area (Å²) in [5.41, 5.74) is 2.28. The third kappa shape index (κ3) is 3.16. The molecule has 0 saturated heterocycles. The second kappa shape index (κ2) is 7.13. The fourth-order valence-electron chi connectivity index (χ4n) is 2.85. The first-order chi connectivity index (χ1) is 11.5. The van der Waals surface area contributed by atoms with Crippen LogP contribution >= 0.6 is 34.8 Å². The molecule has 1 N–H and O–H groups in total. The molecular formula is C16H15Cl3N4O. The molecule has 0 aliphatic rings. The van der Waals surface area contributed by atoms with E-state index in [1.165, 1.54) is 0 Å². The standard InChI is InChI=1S/C16H15Cl3N4O/c1-9-13-14(23(6-4-17)7-5-18)11-8-10(19)2-3-12(11)21-15(13)22-16(24)20-9/h2-3,8H,4-7H2,1H3,(H,20,21,22,24). The lowest BCUT2D eigenvalue weighted by Crippen LogP contribution is -2.28. The second-order valence-corrected chi connectivity index (χ2v) is 6.54. The van der Waals surface area contributed by atoms with Gasteiger partial charge in [0.05, 0.1) is 16.6 Å². The van der Waals surface area contributed by atoms with Crippen molar-refractivity contribution in [2.45, 2.75) is 6.92 Å². The van der Waals surface area contributed by atoms with Gasteiger partial charge in [-0.3, -0.25) is 0 Å². The van der Waals surface area contributed by atoms with Gasteiger partial charge in [0.1, 0.15) is 0 Å². The zero-order valence-electron chi connectivity index (χ0n) is 12.9. The summed E-state index contributed by atoms with van der Waals surface area (Å²) >= 11 is 18.2. The molecule has 0 aliphatic carbocycles. The summed E-state index contributed by atoms with van der Waals surface area (Å²) in [6, 6.07) is 5.44. The molecule has 0 radical (unpaired) electrons. The average molecular weight is 386 g/mol. The van der Waals surface area contributed by atoms with Crippen molar-refractivity contribution in [1.82, 2.24) is 15.0 Å². The second-order valence-electron chi connectivity index (χ2n) is 5.35. The number of hydrogen-bond donors (Lipinski definition) is 1. The van der Waals surface area contributed by atoms with Crippen LogP contribution in [0.3, 0.4) is 0 Å². The molecule has 0 fully saturated rings. The Morgan fingerprint density at radius 3 is 2.54 bits per heavy atom. The monoisotopic (exact) mass is 384 g/mol. The Bertz CT molecular complexity index is 951. The summed E-state index contributed by atoms with van der Waals surface area (Å²) in [7, 11) is 0. The molecule has 5 nitrogen and oxygen atoms in total. The van der Waals surface area contributed by atoms with Gasteiger partial charge in [0, 0.05) is 41.0 Å². The number of rotatable bonds is 5. The molecule has 0 unspecified atom stereocenters. The van der Waals surface area contributed by atoms with E-state index in [9.17, 15) is 4.79 Å². The highest BCUT2D eigenvalue weighted by atomic mass is 35.5. The van der Waals surface area contributed by atoms with Crippen molar-refractivity contribution in [1.29, 1.82) is 0 Å². The lowest BCUT2D eigenvalue weighted by Gasteiger charge is -2.26. The number of benzene rings is 1. The third-order valence-corrected chi connectivity index (χ3v) is 4.38. The summed E-state index contributed by atoms with van der Waals surface area (Å²) in [5, 5.41) is 2.26. The Hall–Kier alpha value is -1.56. The number of nitrogens with zero attached hydrogens (tertiary/aromatic N) is 3. The fourth-order valence-corrected chi connectivity index (χ4v) is 3.43. The van der Waals surface area contributed by atoms with E-state index >= 15 is 0 Å². The van der Waals surface area contributed by atoms with Gasteiger partial charge < -0.3 is 9.88 Å². The topological polar surface area (TPSA) is 61.9 Å². The molecule has 2 aromatic heterocycles. The van der Waals surface area contributed by atoms with Gasteiger partial charge in [-0.05, 0) is 25.1 Å². The van der Waals surface area contributed by atoms with Gasteiger partial charge in [-0.1, -0.05) is 11.6 Å². The Morgan fingerprint density at radius 2 is 1.88 bits per heavy atom. The number of pyridine rings is 1. The van der Waals surface area contributed by atoms with Crippen LogP contribution in [0.25, 0.3) is 21.9 Å². The molecule has 2 heterocycles. The van der Waals surface area contributed by atoms with Crippen molar-refractivity contribution in [2.75, 3.05) is 29.7 Å². The van der Waals surface area contributed by atoms with Crippen molar-refractivity contribution in [2.24, 2.45) is 0 Å². The Labute approximate surface area is 153 Å². The smallest absolute Gasteiger partial charge is 0.347 e. The van der Waals surface area contributed by atoms with Crippen LogP contribution in [-0.2, 0) is 0 Å². The molecule has 0 spiro atoms. The number of fused-ring (bicyclic) bond motifs is 2. The van der Waals surface area contributed by atoms with Gasteiger partial charge in [0.15, 0.2) is 5.65 Å². The van der Waals surface area contributed by atoms with Crippen molar-refractivity contribution < 1.29 is 0 Å². The molecule has 0 amide bonds. The number of hydrogen-bond acceptors (Lipinski definition) is 4. The van der Waals surface area contributed by atoms with Crippen molar-refractivity contribution in [3.63, 3.8) is 0 Å². The molecule has 1 aromatic carbocycles. The number of aromatic amines is 1. The van der Waals surface area contributed by atoms with Gasteiger partial charge in [0.2, 0.25) is 0 Å². The minimum atomic E-state index is -0.423. The summed E-state index contributed by atoms with van der Waals surface area (Å²) < 4.78 is 0. The van der Waals surface area contributed by atoms with Crippen LogP contribution in [0.4, 0.5) is 5.69 Å². The SMILES string of the molecule is Cc1[nH]c(=O)nc2nc3ccc(Cl)cc3c(N(CCCl)CCCl)c12. The highest BCUT2D eigenvalue weighted by Gasteiger charge is 2.18. The minimum absolute atomic E-state index is 0.398. The molecule has 3 aromatic rings. The Morgan fingerprint density at radius 1 is 1.17 bits per heavy atom. The number of aromatic nitrogens is 3. The lowest BCUT2D eigenvalue weighted by atomic mass is 10.1. The molecule has 0 bridgehead atoms. The van der Waals surface area contributed by atoms with Gasteiger partial charge in [-0.15, -0.1) is 23.2 Å². The van der Waals surface area contributed by atoms with E-state index in [1.54, 1.807) is 6.07 Å². The minimum Gasteiger partial charge on any atom is -0.368 e. The number of anilines is 1. The molecule has 8 heteroatoms. The summed E-state index contributed by atoms with van der Waals surface area (Å²) in [6.07, 6.45) is 0. The van der Waals surface area contributed by atoms with Crippen molar-refractivity contribution in [3.8, 4) is 0 Å². The van der Waals surface area contributed by atoms with Crippen LogP contribution in [0.1, 0.15) is 5.69 Å². The van der Waals surface area contributed by atoms with E-state index in [-0.39, 0.29) is 0 Å². The van der Waals surface area contributed by atoms with Gasteiger partial charge >= 0.3 is 5.69 Å². The number of H-pyrrole nitrogens is 1. The highest BCUT2D eigenvalue weighted by molar-refractivity contribution is 6.31. The van der Waals surface area contributed by atoms with Gasteiger partial charge in [-0.25, -0.2) is 9.78 Å². The van der Waals surface area contributed by atoms with Crippen LogP contribution in [-0.4, -0.2) is 39.8 Å². The molecule has 0 saturated carbocycles. The third-order valence-electron chi connectivity index (χ3n) is 3.80. The molecule has 126 valence electrons. The van der Waals surface area contributed by atoms with Crippen molar-refractivity contribution >= 4 is 62.4 Å². The first-order valence-corrected chi connectivity index (χ1v) is 8.86. The quantitative estimate of drug-likeness (QED) is 0.537. The summed E-state index contributed by atoms with van der Waals surface area (Å²) in [6.45, 7) is 3.04. The number of aryl methyl sites for hydroxylation is 1. The first-order valence-electron chi connectivity index (χ1n) is 7.42. The van der Waals surface area contributed by atoms with Crippen LogP contribution < -0.4 is 10.6 Å². The van der Waals surface area contributed by atoms with E-state index < -0.39 is 5.69 Å². The van der Waals surface area contributed by atoms with E-state index in [1.807, 2.05) is 19.1 Å². The van der Waals surface area contributed by atoms with E-state index in [2.05, 4.69) is 19.9 Å². The van der Waals surface area contributed by atoms with Crippen LogP contribution in [0, 0.1) is 6.92 Å². The van der Waals surface area contributed by atoms with Crippen LogP contribution in [0.5, 0.6) is 0 Å². The maximum absolute atomic E-state index is 11.7. The molecule has 0 atom stereocenters. The fraction of sp³-hybridized carbons (Fsp3) is 0.312. The maximum Gasteiger partial charge on any atom is 0.347 e. The lowest BCUT2D eigenvalue weighted by molar-refractivity contribution is 0.880. The van der Waals surface area contributed by atoms with E-state index in [0.29, 0.717) is 46.7 Å². The predicted octanol–water partition coefficient (Wildman–Crippen LogP) is 3.72.